The van der Waals surface area contributed by atoms with Crippen LogP contribution in [0.4, 0.5) is 20.6 Å². The average Bonchev–Trinajstić information content (AvgIpc) is 2.81. The van der Waals surface area contributed by atoms with Crippen molar-refractivity contribution in [2.45, 2.75) is 24.4 Å². The summed E-state index contributed by atoms with van der Waals surface area (Å²) in [5.41, 5.74) is 3.09. The number of amides is 3. The molecule has 0 bridgehead atoms. The fourth-order valence-corrected chi connectivity index (χ4v) is 5.01. The molecule has 3 atom stereocenters. The van der Waals surface area contributed by atoms with Crippen molar-refractivity contribution < 1.29 is 19.1 Å². The van der Waals surface area contributed by atoms with Crippen LogP contribution in [0.15, 0.2) is 78.9 Å². The number of aliphatic hydroxyl groups excluding tert-OH is 1. The van der Waals surface area contributed by atoms with E-state index in [1.807, 2.05) is 54.6 Å². The maximum atomic E-state index is 13.2. The van der Waals surface area contributed by atoms with Crippen LogP contribution in [0.5, 0.6) is 0 Å². The van der Waals surface area contributed by atoms with Crippen LogP contribution in [0, 0.1) is 5.82 Å². The lowest BCUT2D eigenvalue weighted by Gasteiger charge is -2.58. The highest BCUT2D eigenvalue weighted by Crippen LogP contribution is 2.48. The van der Waals surface area contributed by atoms with Gasteiger partial charge in [0.1, 0.15) is 5.82 Å². The van der Waals surface area contributed by atoms with Gasteiger partial charge < -0.3 is 15.3 Å². The number of urea groups is 1. The number of aliphatic hydroxyl groups is 1. The molecule has 0 saturated carbocycles. The smallest absolute Gasteiger partial charge is 0.326 e. The molecule has 3 aromatic rings. The molecule has 2 aliphatic rings. The third-order valence-electron chi connectivity index (χ3n) is 6.51. The highest BCUT2D eigenvalue weighted by molar-refractivity contribution is 6.03. The molecule has 2 heterocycles. The normalized spacial score (nSPS) is 21.0. The number of rotatable bonds is 4. The lowest BCUT2D eigenvalue weighted by Crippen LogP contribution is -2.71. The molecule has 0 radical (unpaired) electrons. The maximum Gasteiger partial charge on any atom is 0.326 e. The van der Waals surface area contributed by atoms with Gasteiger partial charge in [-0.1, -0.05) is 48.5 Å². The highest BCUT2D eigenvalue weighted by Gasteiger charge is 2.55. The predicted molar refractivity (Wildman–Crippen MR) is 124 cm³/mol. The highest BCUT2D eigenvalue weighted by atomic mass is 19.1. The van der Waals surface area contributed by atoms with E-state index in [4.69, 9.17) is 0 Å². The Balaban J connectivity index is 1.42. The summed E-state index contributed by atoms with van der Waals surface area (Å²) in [5, 5.41) is 12.9. The van der Waals surface area contributed by atoms with Gasteiger partial charge in [-0.25, -0.2) is 9.18 Å². The van der Waals surface area contributed by atoms with Crippen LogP contribution in [0.1, 0.15) is 17.0 Å². The number of fused-ring (bicyclic) bond motifs is 3. The Morgan fingerprint density at radius 2 is 1.67 bits per heavy atom. The maximum absolute atomic E-state index is 13.2. The number of anilines is 2. The molecule has 0 unspecified atom stereocenters. The predicted octanol–water partition coefficient (Wildman–Crippen LogP) is 3.78. The van der Waals surface area contributed by atoms with Crippen LogP contribution >= 0.6 is 0 Å². The Morgan fingerprint density at radius 3 is 2.39 bits per heavy atom. The van der Waals surface area contributed by atoms with Crippen LogP contribution in [0.2, 0.25) is 0 Å². The second-order valence-electron chi connectivity index (χ2n) is 8.41. The van der Waals surface area contributed by atoms with Crippen LogP contribution in [-0.4, -0.2) is 47.2 Å². The number of benzene rings is 3. The van der Waals surface area contributed by atoms with Gasteiger partial charge in [0.2, 0.25) is 5.91 Å². The standard InChI is InChI=1S/C26H24FN3O3/c27-18-10-12-19(13-11-18)28-26(33)29-15-22-25(20-8-4-5-9-21(20)29)23(16-31)30(22)24(32)14-17-6-2-1-3-7-17/h1-13,22-23,25,31H,14-16H2,(H,28,33)/t22-,23+,25+/m0/s1. The number of carbonyl (C=O) groups excluding carboxylic acids is 2. The lowest BCUT2D eigenvalue weighted by molar-refractivity contribution is -0.149. The number of carbonyl (C=O) groups is 2. The first kappa shape index (κ1) is 21.2. The third kappa shape index (κ3) is 3.85. The summed E-state index contributed by atoms with van der Waals surface area (Å²) in [4.78, 5) is 29.7. The zero-order valence-corrected chi connectivity index (χ0v) is 17.9. The molecule has 0 spiro atoms. The first-order chi connectivity index (χ1) is 16.1. The van der Waals surface area contributed by atoms with E-state index in [0.717, 1.165) is 16.8 Å². The molecule has 1 saturated heterocycles. The second-order valence-corrected chi connectivity index (χ2v) is 8.41. The number of halogens is 1. The van der Waals surface area contributed by atoms with Gasteiger partial charge in [0.25, 0.3) is 0 Å². The van der Waals surface area contributed by atoms with Crippen molar-refractivity contribution in [1.82, 2.24) is 4.90 Å². The first-order valence-corrected chi connectivity index (χ1v) is 11.0. The van der Waals surface area contributed by atoms with Crippen LogP contribution < -0.4 is 10.2 Å². The van der Waals surface area contributed by atoms with E-state index in [1.165, 1.54) is 24.3 Å². The third-order valence-corrected chi connectivity index (χ3v) is 6.51. The van der Waals surface area contributed by atoms with E-state index in [-0.39, 0.29) is 48.8 Å². The summed E-state index contributed by atoms with van der Waals surface area (Å²) in [6.07, 6.45) is 0.240. The lowest BCUT2D eigenvalue weighted by atomic mass is 9.71. The molecule has 3 amide bonds. The molecule has 2 N–H and O–H groups in total. The molecule has 0 aromatic heterocycles. The molecule has 1 fully saturated rings. The number of nitrogens with zero attached hydrogens (tertiary/aromatic N) is 2. The molecule has 2 aliphatic heterocycles. The van der Waals surface area contributed by atoms with Gasteiger partial charge in [-0.2, -0.15) is 0 Å². The Labute approximate surface area is 191 Å². The van der Waals surface area contributed by atoms with E-state index in [2.05, 4.69) is 5.32 Å². The summed E-state index contributed by atoms with van der Waals surface area (Å²) >= 11 is 0. The summed E-state index contributed by atoms with van der Waals surface area (Å²) in [6.45, 7) is 0.170. The molecule has 3 aromatic carbocycles. The van der Waals surface area contributed by atoms with Crippen LogP contribution in [0.3, 0.4) is 0 Å². The van der Waals surface area contributed by atoms with E-state index in [9.17, 15) is 19.1 Å². The fourth-order valence-electron chi connectivity index (χ4n) is 5.01. The van der Waals surface area contributed by atoms with Gasteiger partial charge in [-0.15, -0.1) is 0 Å². The number of hydrogen-bond donors (Lipinski definition) is 2. The molecule has 168 valence electrons. The molecule has 7 heteroatoms. The number of para-hydroxylation sites is 1. The quantitative estimate of drug-likeness (QED) is 0.642. The van der Waals surface area contributed by atoms with Crippen molar-refractivity contribution in [1.29, 1.82) is 0 Å². The Kier molecular flexibility index (Phi) is 5.56. The fraction of sp³-hybridized carbons (Fsp3) is 0.231. The van der Waals surface area contributed by atoms with E-state index in [0.29, 0.717) is 12.2 Å². The molecule has 0 aliphatic carbocycles. The minimum atomic E-state index is -0.378. The Bertz CT molecular complexity index is 1170. The van der Waals surface area contributed by atoms with Crippen molar-refractivity contribution in [2.24, 2.45) is 0 Å². The number of nitrogens with one attached hydrogen (secondary N) is 1. The van der Waals surface area contributed by atoms with Gasteiger partial charge in [0.15, 0.2) is 0 Å². The van der Waals surface area contributed by atoms with Crippen molar-refractivity contribution in [3.05, 3.63) is 95.8 Å². The minimum Gasteiger partial charge on any atom is -0.394 e. The molecule has 6 nitrogen and oxygen atoms in total. The zero-order chi connectivity index (χ0) is 22.9. The van der Waals surface area contributed by atoms with Crippen LogP contribution in [-0.2, 0) is 11.2 Å². The topological polar surface area (TPSA) is 72.9 Å². The second kappa shape index (κ2) is 8.67. The van der Waals surface area contributed by atoms with Gasteiger partial charge in [0.05, 0.1) is 25.1 Å². The van der Waals surface area contributed by atoms with Crippen molar-refractivity contribution in [3.63, 3.8) is 0 Å². The van der Waals surface area contributed by atoms with Gasteiger partial charge in [0, 0.05) is 23.8 Å². The summed E-state index contributed by atoms with van der Waals surface area (Å²) in [5.74, 6) is -0.489. The molecular weight excluding hydrogens is 421 g/mol. The Hall–Kier alpha value is -3.71. The number of hydrogen-bond acceptors (Lipinski definition) is 3. The van der Waals surface area contributed by atoms with Gasteiger partial charge >= 0.3 is 6.03 Å². The summed E-state index contributed by atoms with van der Waals surface area (Å²) in [6, 6.07) is 21.8. The summed E-state index contributed by atoms with van der Waals surface area (Å²) in [7, 11) is 0. The van der Waals surface area contributed by atoms with E-state index < -0.39 is 0 Å². The van der Waals surface area contributed by atoms with Crippen molar-refractivity contribution in [2.75, 3.05) is 23.4 Å². The monoisotopic (exact) mass is 445 g/mol. The van der Waals surface area contributed by atoms with E-state index in [1.54, 1.807) is 9.80 Å². The van der Waals surface area contributed by atoms with E-state index >= 15 is 0 Å². The largest absolute Gasteiger partial charge is 0.394 e. The zero-order valence-electron chi connectivity index (χ0n) is 17.9. The van der Waals surface area contributed by atoms with Gasteiger partial charge in [-0.3, -0.25) is 9.69 Å². The first-order valence-electron chi connectivity index (χ1n) is 11.0. The van der Waals surface area contributed by atoms with Crippen molar-refractivity contribution in [3.8, 4) is 0 Å². The van der Waals surface area contributed by atoms with Crippen molar-refractivity contribution >= 4 is 23.3 Å². The summed E-state index contributed by atoms with van der Waals surface area (Å²) < 4.78 is 13.2. The van der Waals surface area contributed by atoms with Crippen LogP contribution in [0.25, 0.3) is 0 Å². The van der Waals surface area contributed by atoms with Gasteiger partial charge in [-0.05, 0) is 41.5 Å². The minimum absolute atomic E-state index is 0.0409. The molecular formula is C26H24FN3O3. The molecule has 5 rings (SSSR count). The Morgan fingerprint density at radius 1 is 0.970 bits per heavy atom. The SMILES string of the molecule is O=C(Nc1ccc(F)cc1)N1C[C@H]2[C@@H](c3ccccc31)[C@@H](CO)N2C(=O)Cc1ccccc1. The average molecular weight is 445 g/mol. The molecule has 33 heavy (non-hydrogen) atoms. The number of likely N-dealkylation sites (tertiary alicyclic amines) is 1.